The van der Waals surface area contributed by atoms with Crippen LogP contribution in [0.2, 0.25) is 5.02 Å². The second kappa shape index (κ2) is 5.04. The SMILES string of the molecule is N[C@H]1CC(c2ccc(Cl)cc2F)Oc2ccc(F)cc21. The van der Waals surface area contributed by atoms with E-state index in [9.17, 15) is 8.78 Å². The van der Waals surface area contributed by atoms with Gasteiger partial charge < -0.3 is 10.5 Å². The number of fused-ring (bicyclic) bond motifs is 1. The van der Waals surface area contributed by atoms with Gasteiger partial charge in [-0.25, -0.2) is 8.78 Å². The molecule has 104 valence electrons. The Labute approximate surface area is 120 Å². The van der Waals surface area contributed by atoms with Crippen LogP contribution in [0.5, 0.6) is 5.75 Å². The van der Waals surface area contributed by atoms with E-state index in [4.69, 9.17) is 22.1 Å². The summed E-state index contributed by atoms with van der Waals surface area (Å²) in [6.45, 7) is 0. The molecule has 1 aliphatic rings. The van der Waals surface area contributed by atoms with E-state index in [0.717, 1.165) is 0 Å². The van der Waals surface area contributed by atoms with Crippen molar-refractivity contribution in [3.05, 3.63) is 64.2 Å². The highest BCUT2D eigenvalue weighted by molar-refractivity contribution is 6.30. The fourth-order valence-electron chi connectivity index (χ4n) is 2.43. The Morgan fingerprint density at radius 2 is 1.90 bits per heavy atom. The lowest BCUT2D eigenvalue weighted by molar-refractivity contribution is 0.157. The number of halogens is 3. The van der Waals surface area contributed by atoms with Crippen molar-refractivity contribution in [2.24, 2.45) is 5.73 Å². The van der Waals surface area contributed by atoms with Crippen LogP contribution in [-0.4, -0.2) is 0 Å². The lowest BCUT2D eigenvalue weighted by Gasteiger charge is -2.30. The van der Waals surface area contributed by atoms with Crippen molar-refractivity contribution < 1.29 is 13.5 Å². The van der Waals surface area contributed by atoms with Gasteiger partial charge in [0.1, 0.15) is 23.5 Å². The maximum Gasteiger partial charge on any atom is 0.131 e. The minimum Gasteiger partial charge on any atom is -0.485 e. The van der Waals surface area contributed by atoms with E-state index < -0.39 is 18.0 Å². The van der Waals surface area contributed by atoms with Crippen LogP contribution in [0, 0.1) is 11.6 Å². The zero-order valence-corrected chi connectivity index (χ0v) is 11.2. The summed E-state index contributed by atoms with van der Waals surface area (Å²) in [6.07, 6.45) is -0.116. The zero-order valence-electron chi connectivity index (χ0n) is 10.4. The molecule has 3 rings (SSSR count). The van der Waals surface area contributed by atoms with Crippen molar-refractivity contribution in [1.29, 1.82) is 0 Å². The molecule has 0 fully saturated rings. The average Bonchev–Trinajstić information content (AvgIpc) is 2.39. The third-order valence-corrected chi connectivity index (χ3v) is 3.65. The molecule has 20 heavy (non-hydrogen) atoms. The molecule has 0 aliphatic carbocycles. The average molecular weight is 296 g/mol. The Morgan fingerprint density at radius 1 is 1.10 bits per heavy atom. The summed E-state index contributed by atoms with van der Waals surface area (Å²) in [7, 11) is 0. The highest BCUT2D eigenvalue weighted by atomic mass is 35.5. The van der Waals surface area contributed by atoms with Gasteiger partial charge in [0, 0.05) is 28.6 Å². The molecule has 2 nitrogen and oxygen atoms in total. The highest BCUT2D eigenvalue weighted by Crippen LogP contribution is 2.40. The first-order valence-electron chi connectivity index (χ1n) is 6.21. The van der Waals surface area contributed by atoms with E-state index in [0.29, 0.717) is 28.3 Å². The molecule has 0 radical (unpaired) electrons. The summed E-state index contributed by atoms with van der Waals surface area (Å²) in [6, 6.07) is 8.21. The first-order chi connectivity index (χ1) is 9.54. The standard InChI is InChI=1S/C15H12ClF2NO/c16-8-1-3-10(12(18)5-8)15-7-13(19)11-6-9(17)2-4-14(11)20-15/h1-6,13,15H,7,19H2/t13-,15?/m0/s1. The normalized spacial score (nSPS) is 21.2. The van der Waals surface area contributed by atoms with E-state index >= 15 is 0 Å². The third kappa shape index (κ3) is 2.37. The van der Waals surface area contributed by atoms with Gasteiger partial charge in [-0.2, -0.15) is 0 Å². The molecule has 0 saturated heterocycles. The molecule has 2 aromatic rings. The maximum absolute atomic E-state index is 13.9. The Bertz CT molecular complexity index is 662. The summed E-state index contributed by atoms with van der Waals surface area (Å²) in [5, 5.41) is 0.328. The predicted octanol–water partition coefficient (Wildman–Crippen LogP) is 4.14. The molecule has 2 atom stereocenters. The minimum absolute atomic E-state index is 0.328. The largest absolute Gasteiger partial charge is 0.485 e. The fraction of sp³-hybridized carbons (Fsp3) is 0.200. The number of ether oxygens (including phenoxy) is 1. The summed E-state index contributed by atoms with van der Waals surface area (Å²) >= 11 is 5.74. The van der Waals surface area contributed by atoms with Crippen LogP contribution in [0.3, 0.4) is 0 Å². The lowest BCUT2D eigenvalue weighted by atomic mass is 9.93. The first kappa shape index (κ1) is 13.3. The van der Waals surface area contributed by atoms with Crippen LogP contribution < -0.4 is 10.5 Å². The topological polar surface area (TPSA) is 35.2 Å². The second-order valence-electron chi connectivity index (χ2n) is 4.80. The molecule has 1 heterocycles. The summed E-state index contributed by atoms with van der Waals surface area (Å²) < 4.78 is 32.9. The molecule has 0 bridgehead atoms. The lowest BCUT2D eigenvalue weighted by Crippen LogP contribution is -2.24. The van der Waals surface area contributed by atoms with Crippen LogP contribution in [-0.2, 0) is 0 Å². The third-order valence-electron chi connectivity index (χ3n) is 3.42. The quantitative estimate of drug-likeness (QED) is 0.858. The van der Waals surface area contributed by atoms with Crippen molar-refractivity contribution in [2.45, 2.75) is 18.6 Å². The molecule has 0 spiro atoms. The first-order valence-corrected chi connectivity index (χ1v) is 6.59. The summed E-state index contributed by atoms with van der Waals surface area (Å²) in [5.74, 6) is -0.302. The van der Waals surface area contributed by atoms with Crippen LogP contribution in [0.15, 0.2) is 36.4 Å². The van der Waals surface area contributed by atoms with Gasteiger partial charge in [0.25, 0.3) is 0 Å². The van der Waals surface area contributed by atoms with Crippen LogP contribution in [0.25, 0.3) is 0 Å². The van der Waals surface area contributed by atoms with E-state index in [2.05, 4.69) is 0 Å². The van der Waals surface area contributed by atoms with Gasteiger partial charge in [-0.1, -0.05) is 17.7 Å². The van der Waals surface area contributed by atoms with Crippen LogP contribution >= 0.6 is 11.6 Å². The minimum atomic E-state index is -0.500. The Kier molecular flexibility index (Phi) is 3.36. The van der Waals surface area contributed by atoms with E-state index in [1.165, 1.54) is 24.3 Å². The molecule has 0 amide bonds. The van der Waals surface area contributed by atoms with E-state index in [1.807, 2.05) is 0 Å². The fourth-order valence-corrected chi connectivity index (χ4v) is 2.59. The van der Waals surface area contributed by atoms with Gasteiger partial charge in [0.2, 0.25) is 0 Å². The van der Waals surface area contributed by atoms with Gasteiger partial charge in [0.05, 0.1) is 0 Å². The molecular weight excluding hydrogens is 284 g/mol. The predicted molar refractivity (Wildman–Crippen MR) is 72.7 cm³/mol. The van der Waals surface area contributed by atoms with Crippen molar-refractivity contribution in [1.82, 2.24) is 0 Å². The number of rotatable bonds is 1. The van der Waals surface area contributed by atoms with Gasteiger partial charge in [0.15, 0.2) is 0 Å². The molecular formula is C15H12ClF2NO. The molecule has 1 aliphatic heterocycles. The Hall–Kier alpha value is -1.65. The monoisotopic (exact) mass is 295 g/mol. The van der Waals surface area contributed by atoms with E-state index in [1.54, 1.807) is 12.1 Å². The van der Waals surface area contributed by atoms with Crippen molar-refractivity contribution >= 4 is 11.6 Å². The number of nitrogens with two attached hydrogens (primary N) is 1. The molecule has 0 aromatic heterocycles. The molecule has 2 N–H and O–H groups in total. The molecule has 0 saturated carbocycles. The van der Waals surface area contributed by atoms with Gasteiger partial charge in [-0.3, -0.25) is 0 Å². The number of benzene rings is 2. The molecule has 1 unspecified atom stereocenters. The number of hydrogen-bond donors (Lipinski definition) is 1. The van der Waals surface area contributed by atoms with Crippen LogP contribution in [0.1, 0.15) is 29.7 Å². The van der Waals surface area contributed by atoms with E-state index in [-0.39, 0.29) is 5.82 Å². The summed E-state index contributed by atoms with van der Waals surface area (Å²) in [5.41, 5.74) is 7.04. The smallest absolute Gasteiger partial charge is 0.131 e. The van der Waals surface area contributed by atoms with Gasteiger partial charge >= 0.3 is 0 Å². The van der Waals surface area contributed by atoms with Crippen molar-refractivity contribution in [2.75, 3.05) is 0 Å². The highest BCUT2D eigenvalue weighted by Gasteiger charge is 2.29. The Balaban J connectivity index is 1.97. The zero-order chi connectivity index (χ0) is 14.3. The van der Waals surface area contributed by atoms with Gasteiger partial charge in [-0.15, -0.1) is 0 Å². The van der Waals surface area contributed by atoms with Crippen molar-refractivity contribution in [3.8, 4) is 5.75 Å². The molecule has 2 aromatic carbocycles. The number of hydrogen-bond acceptors (Lipinski definition) is 2. The van der Waals surface area contributed by atoms with Crippen LogP contribution in [0.4, 0.5) is 8.78 Å². The van der Waals surface area contributed by atoms with Crippen molar-refractivity contribution in [3.63, 3.8) is 0 Å². The molecule has 5 heteroatoms. The summed E-state index contributed by atoms with van der Waals surface area (Å²) in [4.78, 5) is 0. The maximum atomic E-state index is 13.9. The van der Waals surface area contributed by atoms with Gasteiger partial charge in [-0.05, 0) is 30.3 Å². The second-order valence-corrected chi connectivity index (χ2v) is 5.23. The Morgan fingerprint density at radius 3 is 2.65 bits per heavy atom.